The molecule has 0 unspecified atom stereocenters. The van der Waals surface area contributed by atoms with E-state index in [9.17, 15) is 9.90 Å². The van der Waals surface area contributed by atoms with Crippen LogP contribution >= 0.6 is 34.2 Å². The van der Waals surface area contributed by atoms with Crippen molar-refractivity contribution in [2.75, 3.05) is 5.32 Å². The molecule has 0 saturated carbocycles. The van der Waals surface area contributed by atoms with Crippen LogP contribution in [0, 0.1) is 3.57 Å². The Morgan fingerprint density at radius 3 is 2.89 bits per heavy atom. The summed E-state index contributed by atoms with van der Waals surface area (Å²) in [7, 11) is 0. The highest BCUT2D eigenvalue weighted by Crippen LogP contribution is 2.22. The highest BCUT2D eigenvalue weighted by Gasteiger charge is 2.13. The number of benzene rings is 1. The molecular weight excluding hydrogens is 367 g/mol. The molecule has 0 fully saturated rings. The van der Waals surface area contributed by atoms with Crippen LogP contribution in [0.4, 0.5) is 5.82 Å². The van der Waals surface area contributed by atoms with Crippen LogP contribution < -0.4 is 5.32 Å². The number of aromatic nitrogens is 1. The second-order valence-corrected chi connectivity index (χ2v) is 5.05. The predicted octanol–water partition coefficient (Wildman–Crippen LogP) is 3.30. The number of anilines is 1. The van der Waals surface area contributed by atoms with Gasteiger partial charge >= 0.3 is 0 Å². The standard InChI is InChI=1S/C12H8ClIN2O2/c13-7-3-4-9(14)8(6-7)12(18)16-11-10(17)2-1-5-15-11/h1-6,17H,(H,15,16,18). The molecule has 1 aromatic carbocycles. The van der Waals surface area contributed by atoms with Gasteiger partial charge in [0.15, 0.2) is 11.6 Å². The normalized spacial score (nSPS) is 10.1. The van der Waals surface area contributed by atoms with Gasteiger partial charge in [0.1, 0.15) is 0 Å². The average molecular weight is 375 g/mol. The number of aromatic hydroxyl groups is 1. The third-order valence-electron chi connectivity index (χ3n) is 2.19. The molecule has 92 valence electrons. The van der Waals surface area contributed by atoms with Gasteiger partial charge in [0.2, 0.25) is 0 Å². The molecule has 2 N–H and O–H groups in total. The number of nitrogens with zero attached hydrogens (tertiary/aromatic N) is 1. The van der Waals surface area contributed by atoms with E-state index in [-0.39, 0.29) is 17.5 Å². The minimum absolute atomic E-state index is 0.0807. The molecule has 2 rings (SSSR count). The molecule has 18 heavy (non-hydrogen) atoms. The fourth-order valence-corrected chi connectivity index (χ4v) is 2.09. The van der Waals surface area contributed by atoms with E-state index in [1.165, 1.54) is 12.3 Å². The Balaban J connectivity index is 2.28. The lowest BCUT2D eigenvalue weighted by molar-refractivity contribution is 0.102. The second kappa shape index (κ2) is 5.53. The van der Waals surface area contributed by atoms with E-state index < -0.39 is 0 Å². The summed E-state index contributed by atoms with van der Waals surface area (Å²) in [5.41, 5.74) is 0.438. The largest absolute Gasteiger partial charge is 0.504 e. The van der Waals surface area contributed by atoms with Crippen LogP contribution in [-0.2, 0) is 0 Å². The van der Waals surface area contributed by atoms with Gasteiger partial charge in [-0.05, 0) is 52.9 Å². The fourth-order valence-electron chi connectivity index (χ4n) is 1.34. The summed E-state index contributed by atoms with van der Waals surface area (Å²) in [4.78, 5) is 15.9. The van der Waals surface area contributed by atoms with Crippen LogP contribution in [0.3, 0.4) is 0 Å². The first-order valence-electron chi connectivity index (χ1n) is 4.98. The highest BCUT2D eigenvalue weighted by molar-refractivity contribution is 14.1. The average Bonchev–Trinajstić information content (AvgIpc) is 2.35. The molecule has 0 saturated heterocycles. The number of hydrogen-bond acceptors (Lipinski definition) is 3. The van der Waals surface area contributed by atoms with Crippen molar-refractivity contribution in [2.24, 2.45) is 0 Å². The molecule has 1 amide bonds. The lowest BCUT2D eigenvalue weighted by Gasteiger charge is -2.07. The van der Waals surface area contributed by atoms with Crippen LogP contribution in [-0.4, -0.2) is 16.0 Å². The van der Waals surface area contributed by atoms with Crippen LogP contribution in [0.2, 0.25) is 5.02 Å². The Bertz CT molecular complexity index is 604. The highest BCUT2D eigenvalue weighted by atomic mass is 127. The van der Waals surface area contributed by atoms with E-state index >= 15 is 0 Å². The summed E-state index contributed by atoms with van der Waals surface area (Å²) in [5, 5.41) is 12.5. The van der Waals surface area contributed by atoms with Gasteiger partial charge in [-0.3, -0.25) is 4.79 Å². The summed E-state index contributed by atoms with van der Waals surface area (Å²) in [6.45, 7) is 0. The van der Waals surface area contributed by atoms with E-state index in [4.69, 9.17) is 11.6 Å². The van der Waals surface area contributed by atoms with E-state index in [2.05, 4.69) is 10.3 Å². The first-order valence-corrected chi connectivity index (χ1v) is 6.44. The summed E-state index contributed by atoms with van der Waals surface area (Å²) in [5.74, 6) is -0.322. The molecule has 0 radical (unpaired) electrons. The Labute approximate surface area is 122 Å². The van der Waals surface area contributed by atoms with Crippen molar-refractivity contribution in [2.45, 2.75) is 0 Å². The Hall–Kier alpha value is -1.34. The van der Waals surface area contributed by atoms with E-state index in [0.29, 0.717) is 10.6 Å². The van der Waals surface area contributed by atoms with Gasteiger partial charge in [0, 0.05) is 14.8 Å². The molecule has 0 atom stereocenters. The van der Waals surface area contributed by atoms with Crippen molar-refractivity contribution < 1.29 is 9.90 Å². The smallest absolute Gasteiger partial charge is 0.258 e. The van der Waals surface area contributed by atoms with Gasteiger partial charge in [0.05, 0.1) is 5.56 Å². The molecule has 6 heteroatoms. The van der Waals surface area contributed by atoms with Gasteiger partial charge in [0.25, 0.3) is 5.91 Å². The zero-order chi connectivity index (χ0) is 13.1. The minimum Gasteiger partial charge on any atom is -0.504 e. The van der Waals surface area contributed by atoms with Gasteiger partial charge in [-0.1, -0.05) is 11.6 Å². The SMILES string of the molecule is O=C(Nc1ncccc1O)c1cc(Cl)ccc1I. The van der Waals surface area contributed by atoms with Crippen LogP contribution in [0.1, 0.15) is 10.4 Å². The predicted molar refractivity (Wildman–Crippen MR) is 78.0 cm³/mol. The molecule has 0 bridgehead atoms. The molecule has 4 nitrogen and oxygen atoms in total. The molecule has 2 aromatic rings. The van der Waals surface area contributed by atoms with Crippen LogP contribution in [0.25, 0.3) is 0 Å². The Kier molecular flexibility index (Phi) is 4.03. The number of amides is 1. The van der Waals surface area contributed by atoms with Crippen molar-refractivity contribution in [3.63, 3.8) is 0 Å². The summed E-state index contributed by atoms with van der Waals surface area (Å²) < 4.78 is 0.768. The quantitative estimate of drug-likeness (QED) is 0.793. The first-order chi connectivity index (χ1) is 8.58. The lowest BCUT2D eigenvalue weighted by Crippen LogP contribution is -2.14. The fraction of sp³-hybridized carbons (Fsp3) is 0. The van der Waals surface area contributed by atoms with Gasteiger partial charge in [-0.2, -0.15) is 0 Å². The molecular formula is C12H8ClIN2O2. The number of hydrogen-bond donors (Lipinski definition) is 2. The first kappa shape index (κ1) is 13.1. The van der Waals surface area contributed by atoms with Crippen LogP contribution in [0.5, 0.6) is 5.75 Å². The maximum atomic E-state index is 12.0. The van der Waals surface area contributed by atoms with Gasteiger partial charge in [-0.15, -0.1) is 0 Å². The van der Waals surface area contributed by atoms with Crippen LogP contribution in [0.15, 0.2) is 36.5 Å². The number of pyridine rings is 1. The number of halogens is 2. The third-order valence-corrected chi connectivity index (χ3v) is 3.37. The molecule has 0 aliphatic heterocycles. The molecule has 0 aliphatic rings. The zero-order valence-electron chi connectivity index (χ0n) is 9.02. The third kappa shape index (κ3) is 2.91. The molecule has 1 aromatic heterocycles. The van der Waals surface area contributed by atoms with E-state index in [1.54, 1.807) is 24.3 Å². The Morgan fingerprint density at radius 2 is 2.17 bits per heavy atom. The molecule has 0 spiro atoms. The van der Waals surface area contributed by atoms with Gasteiger partial charge in [-0.25, -0.2) is 4.98 Å². The maximum absolute atomic E-state index is 12.0. The zero-order valence-corrected chi connectivity index (χ0v) is 11.9. The number of nitrogens with one attached hydrogen (secondary N) is 1. The second-order valence-electron chi connectivity index (χ2n) is 3.45. The number of carbonyl (C=O) groups excluding carboxylic acids is 1. The summed E-state index contributed by atoms with van der Waals surface area (Å²) in [6.07, 6.45) is 1.48. The number of rotatable bonds is 2. The van der Waals surface area contributed by atoms with Gasteiger partial charge < -0.3 is 10.4 Å². The van der Waals surface area contributed by atoms with Crippen molar-refractivity contribution in [3.8, 4) is 5.75 Å². The summed E-state index contributed by atoms with van der Waals surface area (Å²) >= 11 is 7.89. The molecule has 0 aliphatic carbocycles. The molecule has 1 heterocycles. The number of carbonyl (C=O) groups is 1. The maximum Gasteiger partial charge on any atom is 0.258 e. The van der Waals surface area contributed by atoms with Crippen molar-refractivity contribution >= 4 is 45.9 Å². The van der Waals surface area contributed by atoms with E-state index in [1.807, 2.05) is 22.6 Å². The van der Waals surface area contributed by atoms with Crippen molar-refractivity contribution in [1.82, 2.24) is 4.98 Å². The lowest BCUT2D eigenvalue weighted by atomic mass is 10.2. The minimum atomic E-state index is -0.365. The summed E-state index contributed by atoms with van der Waals surface area (Å²) in [6, 6.07) is 8.05. The Morgan fingerprint density at radius 1 is 1.39 bits per heavy atom. The van der Waals surface area contributed by atoms with Crippen molar-refractivity contribution in [3.05, 3.63) is 50.7 Å². The topological polar surface area (TPSA) is 62.2 Å². The monoisotopic (exact) mass is 374 g/mol. The van der Waals surface area contributed by atoms with Crippen molar-refractivity contribution in [1.29, 1.82) is 0 Å². The van der Waals surface area contributed by atoms with E-state index in [0.717, 1.165) is 3.57 Å².